The molecule has 0 aliphatic carbocycles. The van der Waals surface area contributed by atoms with E-state index in [0.29, 0.717) is 0 Å². The van der Waals surface area contributed by atoms with E-state index in [2.05, 4.69) is 32.9 Å². The van der Waals surface area contributed by atoms with Crippen LogP contribution in [0.1, 0.15) is 32.3 Å². The SMILES string of the molecule is CCCC.Cc1ccccc1.O=S(=O)=O. The summed E-state index contributed by atoms with van der Waals surface area (Å²) in [6, 6.07) is 10.3. The van der Waals surface area contributed by atoms with E-state index in [1.54, 1.807) is 0 Å². The summed E-state index contributed by atoms with van der Waals surface area (Å²) in [5.74, 6) is 0. The molecule has 3 nitrogen and oxygen atoms in total. The minimum atomic E-state index is -3.11. The van der Waals surface area contributed by atoms with Crippen LogP contribution in [0.25, 0.3) is 0 Å². The molecule has 0 saturated heterocycles. The largest absolute Gasteiger partial charge is 0.425 e. The van der Waals surface area contributed by atoms with Gasteiger partial charge in [0.05, 0.1) is 0 Å². The molecule has 0 amide bonds. The predicted molar refractivity (Wildman–Crippen MR) is 61.5 cm³/mol. The molecule has 86 valence electrons. The Labute approximate surface area is 93.2 Å². The van der Waals surface area contributed by atoms with Crippen LogP contribution < -0.4 is 0 Å². The van der Waals surface area contributed by atoms with Crippen LogP contribution in [0.2, 0.25) is 0 Å². The molecule has 0 aromatic heterocycles. The lowest BCUT2D eigenvalue weighted by molar-refractivity contribution is 0.559. The highest BCUT2D eigenvalue weighted by molar-refractivity contribution is 7.59. The number of aryl methyl sites for hydroxylation is 1. The molecule has 0 fully saturated rings. The number of benzene rings is 1. The van der Waals surface area contributed by atoms with Crippen molar-refractivity contribution in [1.82, 2.24) is 0 Å². The Morgan fingerprint density at radius 3 is 1.40 bits per heavy atom. The van der Waals surface area contributed by atoms with Gasteiger partial charge >= 0.3 is 10.6 Å². The molecule has 0 unspecified atom stereocenters. The van der Waals surface area contributed by atoms with Crippen LogP contribution in [-0.2, 0) is 10.6 Å². The van der Waals surface area contributed by atoms with E-state index >= 15 is 0 Å². The number of unbranched alkanes of at least 4 members (excludes halogenated alkanes) is 1. The van der Waals surface area contributed by atoms with Gasteiger partial charge in [0.1, 0.15) is 0 Å². The fourth-order valence-corrected chi connectivity index (χ4v) is 0.534. The van der Waals surface area contributed by atoms with Crippen molar-refractivity contribution in [1.29, 1.82) is 0 Å². The summed E-state index contributed by atoms with van der Waals surface area (Å²) >= 11 is 0. The van der Waals surface area contributed by atoms with Gasteiger partial charge in [0.2, 0.25) is 0 Å². The summed E-state index contributed by atoms with van der Waals surface area (Å²) in [5.41, 5.74) is 1.32. The van der Waals surface area contributed by atoms with Crippen LogP contribution in [0.5, 0.6) is 0 Å². The molecule has 0 saturated carbocycles. The molecular weight excluding hydrogens is 212 g/mol. The van der Waals surface area contributed by atoms with Gasteiger partial charge in [-0.05, 0) is 6.92 Å². The number of hydrogen-bond donors (Lipinski definition) is 0. The monoisotopic (exact) mass is 230 g/mol. The first-order valence-corrected chi connectivity index (χ1v) is 5.82. The van der Waals surface area contributed by atoms with Crippen LogP contribution in [-0.4, -0.2) is 12.6 Å². The van der Waals surface area contributed by atoms with Crippen molar-refractivity contribution in [2.24, 2.45) is 0 Å². The van der Waals surface area contributed by atoms with Crippen LogP contribution in [0.15, 0.2) is 30.3 Å². The standard InChI is InChI=1S/C7H8.C4H10.O3S/c1-7-5-3-2-4-6-7;1-3-4-2;1-4(2)3/h2-6H,1H3;3-4H2,1-2H3;. The first-order valence-electron chi connectivity index (χ1n) is 4.82. The van der Waals surface area contributed by atoms with Crippen molar-refractivity contribution in [3.8, 4) is 0 Å². The van der Waals surface area contributed by atoms with Crippen molar-refractivity contribution >= 4 is 10.6 Å². The maximum atomic E-state index is 8.44. The summed E-state index contributed by atoms with van der Waals surface area (Å²) in [7, 11) is -3.11. The summed E-state index contributed by atoms with van der Waals surface area (Å²) in [4.78, 5) is 0. The van der Waals surface area contributed by atoms with E-state index in [0.717, 1.165) is 0 Å². The maximum absolute atomic E-state index is 8.44. The number of rotatable bonds is 1. The Balaban J connectivity index is 0. The minimum absolute atomic E-state index is 1.32. The molecule has 1 rings (SSSR count). The summed E-state index contributed by atoms with van der Waals surface area (Å²) < 4.78 is 25.3. The first kappa shape index (κ1) is 16.3. The fourth-order valence-electron chi connectivity index (χ4n) is 0.534. The van der Waals surface area contributed by atoms with Crippen molar-refractivity contribution < 1.29 is 12.6 Å². The first-order chi connectivity index (χ1) is 7.04. The molecule has 0 aliphatic rings. The van der Waals surface area contributed by atoms with Gasteiger partial charge in [-0.15, -0.1) is 12.6 Å². The Bertz CT molecular complexity index is 306. The highest BCUT2D eigenvalue weighted by Gasteiger charge is 1.72. The van der Waals surface area contributed by atoms with E-state index in [-0.39, 0.29) is 0 Å². The molecule has 0 aliphatic heterocycles. The van der Waals surface area contributed by atoms with Gasteiger partial charge in [-0.3, -0.25) is 0 Å². The molecule has 0 radical (unpaired) electrons. The molecule has 15 heavy (non-hydrogen) atoms. The lowest BCUT2D eigenvalue weighted by Crippen LogP contribution is -1.62. The Morgan fingerprint density at radius 1 is 0.933 bits per heavy atom. The van der Waals surface area contributed by atoms with Crippen LogP contribution in [0.3, 0.4) is 0 Å². The van der Waals surface area contributed by atoms with E-state index in [1.165, 1.54) is 18.4 Å². The lowest BCUT2D eigenvalue weighted by Gasteiger charge is -1.82. The van der Waals surface area contributed by atoms with Crippen LogP contribution in [0.4, 0.5) is 0 Å². The molecule has 0 bridgehead atoms. The Kier molecular flexibility index (Phi) is 13.9. The van der Waals surface area contributed by atoms with Gasteiger partial charge in [-0.25, -0.2) is 0 Å². The van der Waals surface area contributed by atoms with Gasteiger partial charge in [0, 0.05) is 0 Å². The second-order valence-electron chi connectivity index (χ2n) is 2.86. The molecule has 4 heteroatoms. The smallest absolute Gasteiger partial charge is 0.142 e. The molecule has 0 heterocycles. The fraction of sp³-hybridized carbons (Fsp3) is 0.455. The van der Waals surface area contributed by atoms with E-state index in [1.807, 2.05) is 18.2 Å². The highest BCUT2D eigenvalue weighted by Crippen LogP contribution is 1.92. The summed E-state index contributed by atoms with van der Waals surface area (Å²) in [5, 5.41) is 0. The Hall–Kier alpha value is -1.16. The minimum Gasteiger partial charge on any atom is -0.142 e. The molecule has 1 aromatic carbocycles. The topological polar surface area (TPSA) is 51.2 Å². The second kappa shape index (κ2) is 12.8. The van der Waals surface area contributed by atoms with E-state index in [9.17, 15) is 0 Å². The van der Waals surface area contributed by atoms with E-state index < -0.39 is 10.6 Å². The zero-order valence-corrected chi connectivity index (χ0v) is 10.3. The normalized spacial score (nSPS) is 7.67. The average Bonchev–Trinajstić information content (AvgIpc) is 2.18. The van der Waals surface area contributed by atoms with Crippen molar-refractivity contribution in [2.75, 3.05) is 0 Å². The number of hydrogen-bond acceptors (Lipinski definition) is 3. The van der Waals surface area contributed by atoms with Gasteiger partial charge in [0.15, 0.2) is 0 Å². The third kappa shape index (κ3) is 24.5. The quantitative estimate of drug-likeness (QED) is 0.745. The van der Waals surface area contributed by atoms with Gasteiger partial charge in [-0.1, -0.05) is 62.6 Å². The zero-order chi connectivity index (χ0) is 12.1. The zero-order valence-electron chi connectivity index (χ0n) is 9.43. The molecule has 0 atom stereocenters. The average molecular weight is 230 g/mol. The van der Waals surface area contributed by atoms with Gasteiger partial charge in [-0.2, -0.15) is 0 Å². The highest BCUT2D eigenvalue weighted by atomic mass is 32.2. The molecule has 0 N–H and O–H groups in total. The van der Waals surface area contributed by atoms with Crippen molar-refractivity contribution in [3.05, 3.63) is 35.9 Å². The van der Waals surface area contributed by atoms with Crippen molar-refractivity contribution in [2.45, 2.75) is 33.6 Å². The van der Waals surface area contributed by atoms with Gasteiger partial charge < -0.3 is 0 Å². The third-order valence-corrected chi connectivity index (χ3v) is 1.44. The lowest BCUT2D eigenvalue weighted by atomic mass is 10.2. The van der Waals surface area contributed by atoms with Crippen molar-refractivity contribution in [3.63, 3.8) is 0 Å². The Morgan fingerprint density at radius 2 is 1.27 bits per heavy atom. The predicted octanol–water partition coefficient (Wildman–Crippen LogP) is 2.80. The molecule has 1 aromatic rings. The van der Waals surface area contributed by atoms with Crippen LogP contribution >= 0.6 is 0 Å². The maximum Gasteiger partial charge on any atom is 0.425 e. The second-order valence-corrected chi connectivity index (χ2v) is 3.27. The molecule has 0 spiro atoms. The van der Waals surface area contributed by atoms with Crippen LogP contribution in [0, 0.1) is 6.92 Å². The summed E-state index contributed by atoms with van der Waals surface area (Å²) in [6.45, 7) is 6.44. The summed E-state index contributed by atoms with van der Waals surface area (Å²) in [6.07, 6.45) is 2.64. The van der Waals surface area contributed by atoms with E-state index in [4.69, 9.17) is 12.6 Å². The third-order valence-electron chi connectivity index (χ3n) is 1.44. The van der Waals surface area contributed by atoms with Gasteiger partial charge in [0.25, 0.3) is 0 Å². The molecular formula is C11H18O3S.